The Labute approximate surface area is 229 Å². The van der Waals surface area contributed by atoms with Crippen molar-refractivity contribution in [1.29, 1.82) is 0 Å². The zero-order valence-corrected chi connectivity index (χ0v) is 23.0. The lowest BCUT2D eigenvalue weighted by atomic mass is 9.46. The van der Waals surface area contributed by atoms with Crippen molar-refractivity contribution >= 4 is 17.5 Å². The summed E-state index contributed by atoms with van der Waals surface area (Å²) in [7, 11) is 0. The molecular weight excluding hydrogens is 498 g/mol. The summed E-state index contributed by atoms with van der Waals surface area (Å²) >= 11 is 0. The van der Waals surface area contributed by atoms with Crippen LogP contribution >= 0.6 is 0 Å². The summed E-state index contributed by atoms with van der Waals surface area (Å²) in [5, 5.41) is 13.1. The second-order valence-electron chi connectivity index (χ2n) is 12.6. The molecule has 0 spiro atoms. The van der Waals surface area contributed by atoms with Crippen LogP contribution in [0.5, 0.6) is 0 Å². The van der Waals surface area contributed by atoms with E-state index in [0.29, 0.717) is 24.3 Å². The second-order valence-corrected chi connectivity index (χ2v) is 12.6. The van der Waals surface area contributed by atoms with E-state index >= 15 is 0 Å². The predicted molar refractivity (Wildman–Crippen MR) is 141 cm³/mol. The van der Waals surface area contributed by atoms with Crippen molar-refractivity contribution in [2.45, 2.75) is 84.3 Å². The molecule has 8 heteroatoms. The van der Waals surface area contributed by atoms with Crippen LogP contribution in [0.15, 0.2) is 47.7 Å². The molecule has 1 N–H and O–H groups in total. The minimum atomic E-state index is -0.677. The molecule has 210 valence electrons. The molecule has 39 heavy (non-hydrogen) atoms. The Hall–Kier alpha value is -2.55. The average molecular weight is 538 g/mol. The first-order valence-corrected chi connectivity index (χ1v) is 14.5. The molecule has 8 nitrogen and oxygen atoms in total. The maximum absolute atomic E-state index is 13.5. The number of allylic oxidation sites excluding steroid dienone is 6. The fourth-order valence-corrected chi connectivity index (χ4v) is 8.76. The Morgan fingerprint density at radius 2 is 2.05 bits per heavy atom. The van der Waals surface area contributed by atoms with E-state index < -0.39 is 24.6 Å². The Balaban J connectivity index is 1.13. The van der Waals surface area contributed by atoms with E-state index in [0.717, 1.165) is 37.7 Å². The highest BCUT2D eigenvalue weighted by molar-refractivity contribution is 6.01. The number of nitrogens with zero attached hydrogens (tertiary/aromatic N) is 1. The molecule has 2 heterocycles. The fraction of sp³-hybridized carbons (Fsp3) is 0.645. The molecule has 3 saturated carbocycles. The Morgan fingerprint density at radius 1 is 1.23 bits per heavy atom. The number of hydroxylamine groups is 2. The molecule has 0 radical (unpaired) electrons. The van der Waals surface area contributed by atoms with E-state index in [-0.39, 0.29) is 46.8 Å². The molecule has 6 rings (SSSR count). The number of aliphatic hydroxyl groups is 1. The van der Waals surface area contributed by atoms with Gasteiger partial charge in [-0.2, -0.15) is 0 Å². The first-order valence-electron chi connectivity index (χ1n) is 14.5. The van der Waals surface area contributed by atoms with Crippen molar-refractivity contribution in [3.8, 4) is 0 Å². The molecule has 4 aliphatic carbocycles. The van der Waals surface area contributed by atoms with Gasteiger partial charge < -0.3 is 14.6 Å². The van der Waals surface area contributed by atoms with Crippen LogP contribution in [0.2, 0.25) is 0 Å². The first kappa shape index (κ1) is 26.7. The van der Waals surface area contributed by atoms with E-state index in [1.54, 1.807) is 30.5 Å². The van der Waals surface area contributed by atoms with Gasteiger partial charge in [-0.1, -0.05) is 38.8 Å². The highest BCUT2D eigenvalue weighted by atomic mass is 16.9. The predicted octanol–water partition coefficient (Wildman–Crippen LogP) is 4.16. The van der Waals surface area contributed by atoms with Crippen LogP contribution in [-0.2, 0) is 28.7 Å². The summed E-state index contributed by atoms with van der Waals surface area (Å²) in [6.07, 6.45) is 14.4. The Morgan fingerprint density at radius 3 is 2.85 bits per heavy atom. The van der Waals surface area contributed by atoms with Crippen LogP contribution in [0.3, 0.4) is 0 Å². The van der Waals surface area contributed by atoms with E-state index in [2.05, 4.69) is 13.8 Å². The average Bonchev–Trinajstić information content (AvgIpc) is 3.47. The summed E-state index contributed by atoms with van der Waals surface area (Å²) in [4.78, 5) is 44.3. The van der Waals surface area contributed by atoms with Gasteiger partial charge in [0.2, 0.25) is 0 Å². The number of ether oxygens (including phenoxy) is 2. The molecule has 6 aliphatic rings. The molecule has 0 aromatic carbocycles. The number of fused-ring (bicyclic) bond motifs is 6. The number of hydrogen-bond donors (Lipinski definition) is 1. The second kappa shape index (κ2) is 9.82. The van der Waals surface area contributed by atoms with Crippen LogP contribution < -0.4 is 0 Å². The molecule has 4 fully saturated rings. The molecule has 0 aromatic heterocycles. The molecule has 9 atom stereocenters. The lowest BCUT2D eigenvalue weighted by molar-refractivity contribution is -0.153. The van der Waals surface area contributed by atoms with Gasteiger partial charge in [0.05, 0.1) is 11.7 Å². The minimum Gasteiger partial charge on any atom is -0.454 e. The molecular formula is C31H39NO7. The van der Waals surface area contributed by atoms with Gasteiger partial charge in [0.25, 0.3) is 0 Å². The zero-order chi connectivity index (χ0) is 27.5. The minimum absolute atomic E-state index is 0.0256. The normalized spacial score (nSPS) is 42.2. The Kier molecular flexibility index (Phi) is 6.71. The third-order valence-corrected chi connectivity index (χ3v) is 10.5. The van der Waals surface area contributed by atoms with E-state index in [9.17, 15) is 19.5 Å². The number of ketones is 2. The zero-order valence-electron chi connectivity index (χ0n) is 23.0. The fourth-order valence-electron chi connectivity index (χ4n) is 8.76. The number of carbonyl (C=O) groups excluding carboxylic acids is 3. The topological polar surface area (TPSA) is 102 Å². The van der Waals surface area contributed by atoms with Gasteiger partial charge in [-0.25, -0.2) is 14.7 Å². The smallest absolute Gasteiger partial charge is 0.339 e. The molecule has 0 aromatic rings. The summed E-state index contributed by atoms with van der Waals surface area (Å²) in [5.74, 6) is -0.287. The van der Waals surface area contributed by atoms with Gasteiger partial charge in [0.15, 0.2) is 30.7 Å². The van der Waals surface area contributed by atoms with Crippen LogP contribution in [0.1, 0.15) is 65.7 Å². The number of hydrogen-bond acceptors (Lipinski definition) is 8. The van der Waals surface area contributed by atoms with Crippen LogP contribution in [0, 0.1) is 34.5 Å². The van der Waals surface area contributed by atoms with Crippen LogP contribution in [-0.4, -0.2) is 52.9 Å². The number of esters is 1. The summed E-state index contributed by atoms with van der Waals surface area (Å²) in [6.45, 7) is 6.04. The van der Waals surface area contributed by atoms with Crippen molar-refractivity contribution in [2.24, 2.45) is 34.5 Å². The van der Waals surface area contributed by atoms with Gasteiger partial charge in [0.1, 0.15) is 0 Å². The number of aliphatic hydroxyl groups excluding tert-OH is 1. The van der Waals surface area contributed by atoms with Crippen molar-refractivity contribution in [2.75, 3.05) is 6.61 Å². The third-order valence-electron chi connectivity index (χ3n) is 10.5. The molecule has 2 aliphatic heterocycles. The molecule has 2 unspecified atom stereocenters. The maximum Gasteiger partial charge on any atom is 0.339 e. The molecule has 0 bridgehead atoms. The third kappa shape index (κ3) is 4.26. The van der Waals surface area contributed by atoms with Gasteiger partial charge in [0, 0.05) is 29.9 Å². The lowest BCUT2D eigenvalue weighted by Crippen LogP contribution is -2.56. The monoisotopic (exact) mass is 537 g/mol. The van der Waals surface area contributed by atoms with Gasteiger partial charge >= 0.3 is 5.97 Å². The van der Waals surface area contributed by atoms with Gasteiger partial charge in [-0.05, 0) is 73.7 Å². The van der Waals surface area contributed by atoms with E-state index in [1.165, 1.54) is 5.06 Å². The maximum atomic E-state index is 13.5. The quantitative estimate of drug-likeness (QED) is 0.504. The standard InChI is InChI=1S/C31H39NO7/c1-4-6-26-38-28-21(7-5-14-32(28)39-26)29(36)37-17-25(35)23-11-10-22-20-9-8-18-15-19(33)12-13-30(18,2)27(20)24(34)16-31(22,23)3/h5,7,12-15,20,22-24,26-28,34H,4,6,8-11,16-17H2,1-3H3/t20-,22-,23-,24-,26?,27+,28?,30-,31-/m0/s1. The number of rotatable bonds is 6. The summed E-state index contributed by atoms with van der Waals surface area (Å²) in [5.41, 5.74) is 0.760. The van der Waals surface area contributed by atoms with Crippen LogP contribution in [0.4, 0.5) is 0 Å². The van der Waals surface area contributed by atoms with Crippen molar-refractivity contribution < 1.29 is 33.8 Å². The van der Waals surface area contributed by atoms with Crippen LogP contribution in [0.25, 0.3) is 0 Å². The first-order chi connectivity index (χ1) is 18.7. The Bertz CT molecular complexity index is 1190. The number of carbonyl (C=O) groups is 3. The SMILES string of the molecule is CCCC1OC2C(C(=O)OCC(=O)[C@@H]3CC[C@H]4[C@@H]5CCC6=CC(=O)C=C[C@]6(C)[C@H]5[C@@H](O)C[C@]34C)=CC=CN2O1. The largest absolute Gasteiger partial charge is 0.454 e. The van der Waals surface area contributed by atoms with Crippen molar-refractivity contribution in [1.82, 2.24) is 5.06 Å². The number of Topliss-reactive ketones (excluding diaryl/α,β-unsaturated/α-hetero) is 1. The van der Waals surface area contributed by atoms with Gasteiger partial charge in [-0.3, -0.25) is 9.59 Å². The van der Waals surface area contributed by atoms with Crippen molar-refractivity contribution in [3.63, 3.8) is 0 Å². The highest BCUT2D eigenvalue weighted by Gasteiger charge is 2.62. The van der Waals surface area contributed by atoms with Gasteiger partial charge in [-0.15, -0.1) is 0 Å². The summed E-state index contributed by atoms with van der Waals surface area (Å²) < 4.78 is 11.4. The van der Waals surface area contributed by atoms with E-state index in [1.807, 2.05) is 13.0 Å². The summed E-state index contributed by atoms with van der Waals surface area (Å²) in [6, 6.07) is 0. The molecule has 1 saturated heterocycles. The van der Waals surface area contributed by atoms with Crippen molar-refractivity contribution in [3.05, 3.63) is 47.7 Å². The highest BCUT2D eigenvalue weighted by Crippen LogP contribution is 2.66. The lowest BCUT2D eigenvalue weighted by Gasteiger charge is -2.58. The van der Waals surface area contributed by atoms with E-state index in [4.69, 9.17) is 14.3 Å². The molecule has 0 amide bonds.